The highest BCUT2D eigenvalue weighted by molar-refractivity contribution is 7.25. The van der Waals surface area contributed by atoms with Gasteiger partial charge in [-0.3, -0.25) is 4.57 Å². The first-order valence-corrected chi connectivity index (χ1v) is 18.4. The first kappa shape index (κ1) is 29.1. The number of rotatable bonds is 4. The largest absolute Gasteiger partial charge is 0.278 e. The smallest absolute Gasteiger partial charge is 0.235 e. The van der Waals surface area contributed by atoms with Crippen molar-refractivity contribution >= 4 is 75.0 Å². The third-order valence-corrected chi connectivity index (χ3v) is 11.5. The summed E-state index contributed by atoms with van der Waals surface area (Å²) in [7, 11) is 0. The third-order valence-electron chi connectivity index (χ3n) is 10.4. The average molecular weight is 680 g/mol. The van der Waals surface area contributed by atoms with Crippen molar-refractivity contribution in [2.24, 2.45) is 0 Å². The van der Waals surface area contributed by atoms with Crippen LogP contribution < -0.4 is 0 Å². The fourth-order valence-electron chi connectivity index (χ4n) is 7.96. The number of thiophene rings is 1. The van der Waals surface area contributed by atoms with Gasteiger partial charge < -0.3 is 0 Å². The van der Waals surface area contributed by atoms with Crippen molar-refractivity contribution in [2.75, 3.05) is 0 Å². The summed E-state index contributed by atoms with van der Waals surface area (Å²) < 4.78 is 4.89. The number of fused-ring (bicyclic) bond motifs is 9. The van der Waals surface area contributed by atoms with Crippen LogP contribution in [0.2, 0.25) is 0 Å². The summed E-state index contributed by atoms with van der Waals surface area (Å²) in [5.41, 5.74) is 9.87. The second-order valence-electron chi connectivity index (χ2n) is 13.4. The van der Waals surface area contributed by atoms with Crippen LogP contribution in [0.3, 0.4) is 0 Å². The van der Waals surface area contributed by atoms with E-state index in [2.05, 4.69) is 180 Å². The van der Waals surface area contributed by atoms with E-state index < -0.39 is 0 Å². The summed E-state index contributed by atoms with van der Waals surface area (Å²) in [4.78, 5) is 10.6. The Hall–Kier alpha value is -6.62. The molecule has 0 bridgehead atoms. The first-order chi connectivity index (χ1) is 25.8. The fourth-order valence-corrected chi connectivity index (χ4v) is 9.05. The lowest BCUT2D eigenvalue weighted by Gasteiger charge is -2.13. The number of aromatic nitrogens is 3. The molecule has 0 aliphatic carbocycles. The van der Waals surface area contributed by atoms with Crippen LogP contribution in [0.4, 0.5) is 0 Å². The standard InChI is InChI=1S/C48H29N3S/c1-2-11-30(12-3-1)31-13-10-14-35(28-31)47-38-16-4-7-18-41(38)49-48(50-47)51-42-19-8-5-17-39(42)46-36-24-21-32(27-34(36)22-25-43(46)51)33-23-26-45-40(29-33)37-15-6-9-20-44(37)52-45/h1-29H. The summed E-state index contributed by atoms with van der Waals surface area (Å²) in [5.74, 6) is 0.664. The minimum Gasteiger partial charge on any atom is -0.278 e. The van der Waals surface area contributed by atoms with E-state index in [1.165, 1.54) is 58.4 Å². The molecule has 3 aromatic heterocycles. The molecule has 0 amide bonds. The van der Waals surface area contributed by atoms with Crippen molar-refractivity contribution in [1.82, 2.24) is 14.5 Å². The number of hydrogen-bond donors (Lipinski definition) is 0. The first-order valence-electron chi connectivity index (χ1n) is 17.6. The zero-order valence-electron chi connectivity index (χ0n) is 28.0. The minimum absolute atomic E-state index is 0.664. The molecule has 11 aromatic rings. The zero-order valence-corrected chi connectivity index (χ0v) is 28.8. The molecule has 3 nitrogen and oxygen atoms in total. The molecule has 242 valence electrons. The summed E-state index contributed by atoms with van der Waals surface area (Å²) in [5, 5.41) is 8.50. The summed E-state index contributed by atoms with van der Waals surface area (Å²) in [6.07, 6.45) is 0. The lowest BCUT2D eigenvalue weighted by Crippen LogP contribution is -2.03. The van der Waals surface area contributed by atoms with E-state index in [0.29, 0.717) is 5.95 Å². The van der Waals surface area contributed by atoms with Gasteiger partial charge in [0.1, 0.15) is 0 Å². The predicted molar refractivity (Wildman–Crippen MR) is 221 cm³/mol. The van der Waals surface area contributed by atoms with Gasteiger partial charge in [0, 0.05) is 41.9 Å². The van der Waals surface area contributed by atoms with Crippen LogP contribution in [-0.2, 0) is 0 Å². The highest BCUT2D eigenvalue weighted by Crippen LogP contribution is 2.40. The highest BCUT2D eigenvalue weighted by Gasteiger charge is 2.19. The summed E-state index contributed by atoms with van der Waals surface area (Å²) in [6.45, 7) is 0. The molecule has 52 heavy (non-hydrogen) atoms. The Bertz CT molecular complexity index is 3190. The van der Waals surface area contributed by atoms with Gasteiger partial charge in [-0.25, -0.2) is 9.97 Å². The van der Waals surface area contributed by atoms with Gasteiger partial charge in [-0.2, -0.15) is 0 Å². The third kappa shape index (κ3) is 4.51. The van der Waals surface area contributed by atoms with E-state index in [9.17, 15) is 0 Å². The minimum atomic E-state index is 0.664. The van der Waals surface area contributed by atoms with Crippen molar-refractivity contribution in [1.29, 1.82) is 0 Å². The van der Waals surface area contributed by atoms with Gasteiger partial charge >= 0.3 is 0 Å². The molecule has 0 spiro atoms. The zero-order chi connectivity index (χ0) is 34.2. The maximum absolute atomic E-state index is 5.38. The van der Waals surface area contributed by atoms with Gasteiger partial charge in [0.2, 0.25) is 5.95 Å². The molecular formula is C48H29N3S. The molecule has 0 aliphatic rings. The van der Waals surface area contributed by atoms with Crippen LogP contribution in [0.1, 0.15) is 0 Å². The molecule has 3 heterocycles. The van der Waals surface area contributed by atoms with Gasteiger partial charge in [0.05, 0.1) is 22.2 Å². The SMILES string of the molecule is c1ccc(-c2cccc(-c3nc(-n4c5ccccc5c5c6ccc(-c7ccc8sc9ccccc9c8c7)cc6ccc54)nc4ccccc34)c2)cc1. The molecule has 0 atom stereocenters. The van der Waals surface area contributed by atoms with Gasteiger partial charge in [0.25, 0.3) is 0 Å². The van der Waals surface area contributed by atoms with E-state index in [1.807, 2.05) is 11.3 Å². The molecule has 0 aliphatic heterocycles. The molecule has 0 saturated carbocycles. The van der Waals surface area contributed by atoms with E-state index in [-0.39, 0.29) is 0 Å². The Morgan fingerprint density at radius 3 is 2.00 bits per heavy atom. The number of nitrogens with zero attached hydrogens (tertiary/aromatic N) is 3. The van der Waals surface area contributed by atoms with Crippen molar-refractivity contribution in [3.8, 4) is 39.5 Å². The van der Waals surface area contributed by atoms with Crippen molar-refractivity contribution in [3.63, 3.8) is 0 Å². The quantitative estimate of drug-likeness (QED) is 0.185. The molecule has 0 unspecified atom stereocenters. The van der Waals surface area contributed by atoms with Crippen molar-refractivity contribution in [2.45, 2.75) is 0 Å². The predicted octanol–water partition coefficient (Wildman–Crippen LogP) is 13.2. The van der Waals surface area contributed by atoms with Gasteiger partial charge in [-0.15, -0.1) is 11.3 Å². The number of para-hydroxylation sites is 2. The Kier molecular flexibility index (Phi) is 6.42. The maximum Gasteiger partial charge on any atom is 0.235 e. The monoisotopic (exact) mass is 679 g/mol. The Morgan fingerprint density at radius 2 is 1.08 bits per heavy atom. The lowest BCUT2D eigenvalue weighted by atomic mass is 9.97. The van der Waals surface area contributed by atoms with Gasteiger partial charge in [-0.05, 0) is 81.6 Å². The Balaban J connectivity index is 1.10. The normalized spacial score (nSPS) is 11.8. The van der Waals surface area contributed by atoms with Crippen LogP contribution in [0, 0.1) is 0 Å². The van der Waals surface area contributed by atoms with Crippen LogP contribution in [0.5, 0.6) is 0 Å². The van der Waals surface area contributed by atoms with E-state index in [1.54, 1.807) is 0 Å². The van der Waals surface area contributed by atoms with Gasteiger partial charge in [-0.1, -0.05) is 127 Å². The Morgan fingerprint density at radius 1 is 0.385 bits per heavy atom. The van der Waals surface area contributed by atoms with Crippen molar-refractivity contribution < 1.29 is 0 Å². The molecule has 4 heteroatoms. The van der Waals surface area contributed by atoms with Crippen LogP contribution in [0.15, 0.2) is 176 Å². The van der Waals surface area contributed by atoms with Crippen molar-refractivity contribution in [3.05, 3.63) is 176 Å². The van der Waals surface area contributed by atoms with Crippen LogP contribution >= 0.6 is 11.3 Å². The highest BCUT2D eigenvalue weighted by atomic mass is 32.1. The topological polar surface area (TPSA) is 30.7 Å². The maximum atomic E-state index is 5.38. The molecule has 0 fully saturated rings. The van der Waals surface area contributed by atoms with E-state index >= 15 is 0 Å². The molecule has 0 saturated heterocycles. The van der Waals surface area contributed by atoms with E-state index in [0.717, 1.165) is 38.8 Å². The van der Waals surface area contributed by atoms with Gasteiger partial charge in [0.15, 0.2) is 0 Å². The molecule has 0 N–H and O–H groups in total. The van der Waals surface area contributed by atoms with E-state index in [4.69, 9.17) is 9.97 Å². The molecule has 11 rings (SSSR count). The lowest BCUT2D eigenvalue weighted by molar-refractivity contribution is 1.01. The summed E-state index contributed by atoms with van der Waals surface area (Å²) in [6, 6.07) is 63.1. The second-order valence-corrected chi connectivity index (χ2v) is 14.5. The Labute approximate surface area is 303 Å². The fraction of sp³-hybridized carbons (Fsp3) is 0. The summed E-state index contributed by atoms with van der Waals surface area (Å²) >= 11 is 1.86. The van der Waals surface area contributed by atoms with Crippen LogP contribution in [-0.4, -0.2) is 14.5 Å². The number of hydrogen-bond acceptors (Lipinski definition) is 3. The number of benzene rings is 8. The second kappa shape index (κ2) is 11.5. The molecule has 8 aromatic carbocycles. The van der Waals surface area contributed by atoms with Crippen LogP contribution in [0.25, 0.3) is 103 Å². The average Bonchev–Trinajstić information content (AvgIpc) is 3.76. The molecular weight excluding hydrogens is 651 g/mol. The molecule has 0 radical (unpaired) electrons.